The number of fused-ring (bicyclic) bond motifs is 1. The third kappa shape index (κ3) is 2.23. The van der Waals surface area contributed by atoms with Crippen molar-refractivity contribution >= 4 is 5.65 Å². The highest BCUT2D eigenvalue weighted by Gasteiger charge is 2.15. The Balaban J connectivity index is 2.02. The molecule has 1 aromatic carbocycles. The van der Waals surface area contributed by atoms with E-state index >= 15 is 0 Å². The SMILES string of the molecule is O=c1[nH]n2c(=O)cc(-c3ccc(F)cc3)[nH]c2c1-c1ccccn1. The largest absolute Gasteiger partial charge is 0.339 e. The molecule has 0 fully saturated rings. The lowest BCUT2D eigenvalue weighted by Gasteiger charge is -2.04. The van der Waals surface area contributed by atoms with Crippen LogP contribution in [0.5, 0.6) is 0 Å². The van der Waals surface area contributed by atoms with Crippen LogP contribution in [-0.2, 0) is 0 Å². The molecule has 3 heterocycles. The molecule has 6 nitrogen and oxygen atoms in total. The van der Waals surface area contributed by atoms with Gasteiger partial charge in [-0.15, -0.1) is 0 Å². The van der Waals surface area contributed by atoms with Gasteiger partial charge in [0, 0.05) is 12.3 Å². The molecule has 0 saturated heterocycles. The third-order valence-corrected chi connectivity index (χ3v) is 3.72. The van der Waals surface area contributed by atoms with Crippen LogP contribution in [-0.4, -0.2) is 19.6 Å². The molecular weight excluding hydrogens is 311 g/mol. The summed E-state index contributed by atoms with van der Waals surface area (Å²) in [5.74, 6) is -0.366. The number of H-pyrrole nitrogens is 2. The first-order chi connectivity index (χ1) is 11.6. The Bertz CT molecular complexity index is 1140. The smallest absolute Gasteiger partial charge is 0.276 e. The summed E-state index contributed by atoms with van der Waals surface area (Å²) in [7, 11) is 0. The molecule has 0 aliphatic carbocycles. The van der Waals surface area contributed by atoms with Gasteiger partial charge in [0.25, 0.3) is 11.1 Å². The van der Waals surface area contributed by atoms with Crippen molar-refractivity contribution < 1.29 is 4.39 Å². The van der Waals surface area contributed by atoms with Gasteiger partial charge in [-0.1, -0.05) is 6.07 Å². The molecule has 0 spiro atoms. The summed E-state index contributed by atoms with van der Waals surface area (Å²) < 4.78 is 14.2. The van der Waals surface area contributed by atoms with Gasteiger partial charge in [-0.05, 0) is 42.0 Å². The topological polar surface area (TPSA) is 83.0 Å². The number of aromatic nitrogens is 4. The van der Waals surface area contributed by atoms with Crippen molar-refractivity contribution in [2.24, 2.45) is 0 Å². The molecule has 0 aliphatic heterocycles. The number of nitrogens with one attached hydrogen (secondary N) is 2. The Morgan fingerprint density at radius 2 is 1.83 bits per heavy atom. The second kappa shape index (κ2) is 5.31. The molecular formula is C17H11FN4O2. The van der Waals surface area contributed by atoms with E-state index in [1.807, 2.05) is 0 Å². The van der Waals surface area contributed by atoms with Crippen molar-refractivity contribution in [3.63, 3.8) is 0 Å². The summed E-state index contributed by atoms with van der Waals surface area (Å²) in [5.41, 5.74) is 1.34. The number of halogens is 1. The Hall–Kier alpha value is -3.48. The summed E-state index contributed by atoms with van der Waals surface area (Å²) >= 11 is 0. The van der Waals surface area contributed by atoms with E-state index in [1.165, 1.54) is 18.2 Å². The highest BCUT2D eigenvalue weighted by molar-refractivity contribution is 5.76. The van der Waals surface area contributed by atoms with Crippen LogP contribution in [0.4, 0.5) is 4.39 Å². The summed E-state index contributed by atoms with van der Waals surface area (Å²) in [5, 5.41) is 2.50. The zero-order valence-corrected chi connectivity index (χ0v) is 12.3. The fourth-order valence-corrected chi connectivity index (χ4v) is 2.60. The average molecular weight is 322 g/mol. The van der Waals surface area contributed by atoms with Gasteiger partial charge in [0.05, 0.1) is 11.4 Å². The molecule has 7 heteroatoms. The lowest BCUT2D eigenvalue weighted by Crippen LogP contribution is -2.15. The fraction of sp³-hybridized carbons (Fsp3) is 0. The van der Waals surface area contributed by atoms with E-state index < -0.39 is 11.1 Å². The maximum Gasteiger partial charge on any atom is 0.276 e. The summed E-state index contributed by atoms with van der Waals surface area (Å²) in [4.78, 5) is 31.8. The van der Waals surface area contributed by atoms with Gasteiger partial charge in [-0.25, -0.2) is 4.39 Å². The number of benzene rings is 1. The molecule has 2 N–H and O–H groups in total. The molecule has 24 heavy (non-hydrogen) atoms. The van der Waals surface area contributed by atoms with Crippen LogP contribution in [0.25, 0.3) is 28.2 Å². The van der Waals surface area contributed by atoms with E-state index in [4.69, 9.17) is 0 Å². The van der Waals surface area contributed by atoms with E-state index in [0.717, 1.165) is 4.52 Å². The van der Waals surface area contributed by atoms with Gasteiger partial charge >= 0.3 is 0 Å². The van der Waals surface area contributed by atoms with Crippen LogP contribution in [0.15, 0.2) is 64.3 Å². The Morgan fingerprint density at radius 3 is 2.54 bits per heavy atom. The first kappa shape index (κ1) is 14.1. The minimum absolute atomic E-state index is 0.275. The summed E-state index contributed by atoms with van der Waals surface area (Å²) in [6.45, 7) is 0. The van der Waals surface area contributed by atoms with Crippen LogP contribution in [0.3, 0.4) is 0 Å². The number of hydrogen-bond acceptors (Lipinski definition) is 3. The Morgan fingerprint density at radius 1 is 1.04 bits per heavy atom. The van der Waals surface area contributed by atoms with Crippen LogP contribution in [0, 0.1) is 5.82 Å². The Labute approximate surface area is 134 Å². The number of pyridine rings is 1. The second-order valence-corrected chi connectivity index (χ2v) is 5.24. The van der Waals surface area contributed by atoms with Gasteiger partial charge in [0.1, 0.15) is 17.0 Å². The molecule has 0 bridgehead atoms. The summed E-state index contributed by atoms with van der Waals surface area (Å²) in [6, 6.07) is 12.3. The quantitative estimate of drug-likeness (QED) is 0.593. The predicted octanol–water partition coefficient (Wildman–Crippen LogP) is 2.18. The molecule has 118 valence electrons. The lowest BCUT2D eigenvalue weighted by molar-refractivity contribution is 0.628. The van der Waals surface area contributed by atoms with Gasteiger partial charge in [-0.2, -0.15) is 4.52 Å². The molecule has 0 atom stereocenters. The monoisotopic (exact) mass is 322 g/mol. The van der Waals surface area contributed by atoms with Crippen molar-refractivity contribution in [3.8, 4) is 22.5 Å². The normalized spacial score (nSPS) is 11.0. The third-order valence-electron chi connectivity index (χ3n) is 3.72. The van der Waals surface area contributed by atoms with E-state index in [0.29, 0.717) is 22.6 Å². The standard InChI is InChI=1S/C17H11FN4O2/c18-11-6-4-10(5-7-11)13-9-14(23)22-16(20-13)15(17(24)21-22)12-3-1-2-8-19-12/h1-9,20H,(H,21,24). The first-order valence-electron chi connectivity index (χ1n) is 7.19. The number of rotatable bonds is 2. The zero-order chi connectivity index (χ0) is 16.7. The Kier molecular flexibility index (Phi) is 3.13. The number of aromatic amines is 2. The van der Waals surface area contributed by atoms with E-state index in [-0.39, 0.29) is 11.4 Å². The molecule has 0 amide bonds. The van der Waals surface area contributed by atoms with Crippen LogP contribution < -0.4 is 11.1 Å². The van der Waals surface area contributed by atoms with Gasteiger partial charge < -0.3 is 4.98 Å². The van der Waals surface area contributed by atoms with E-state index in [9.17, 15) is 14.0 Å². The minimum atomic E-state index is -0.418. The van der Waals surface area contributed by atoms with Crippen molar-refractivity contribution in [1.82, 2.24) is 19.6 Å². The second-order valence-electron chi connectivity index (χ2n) is 5.24. The predicted molar refractivity (Wildman–Crippen MR) is 87.3 cm³/mol. The minimum Gasteiger partial charge on any atom is -0.339 e. The summed E-state index contributed by atoms with van der Waals surface area (Å²) in [6.07, 6.45) is 1.57. The van der Waals surface area contributed by atoms with Gasteiger partial charge in [0.15, 0.2) is 0 Å². The van der Waals surface area contributed by atoms with Crippen LogP contribution in [0.1, 0.15) is 0 Å². The van der Waals surface area contributed by atoms with Crippen LogP contribution >= 0.6 is 0 Å². The van der Waals surface area contributed by atoms with E-state index in [1.54, 1.807) is 36.5 Å². The number of nitrogens with zero attached hydrogens (tertiary/aromatic N) is 2. The molecule has 4 aromatic rings. The molecule has 3 aromatic heterocycles. The fourth-order valence-electron chi connectivity index (χ4n) is 2.60. The average Bonchev–Trinajstić information content (AvgIpc) is 2.93. The first-order valence-corrected chi connectivity index (χ1v) is 7.19. The van der Waals surface area contributed by atoms with Gasteiger partial charge in [0.2, 0.25) is 0 Å². The van der Waals surface area contributed by atoms with Gasteiger partial charge in [-0.3, -0.25) is 19.7 Å². The molecule has 0 unspecified atom stereocenters. The molecule has 4 rings (SSSR count). The highest BCUT2D eigenvalue weighted by atomic mass is 19.1. The molecule has 0 radical (unpaired) electrons. The molecule has 0 saturated carbocycles. The maximum absolute atomic E-state index is 13.1. The van der Waals surface area contributed by atoms with Crippen molar-refractivity contribution in [1.29, 1.82) is 0 Å². The van der Waals surface area contributed by atoms with Crippen LogP contribution in [0.2, 0.25) is 0 Å². The van der Waals surface area contributed by atoms with Crippen molar-refractivity contribution in [2.45, 2.75) is 0 Å². The number of hydrogen-bond donors (Lipinski definition) is 2. The van der Waals surface area contributed by atoms with Crippen molar-refractivity contribution in [3.05, 3.63) is 81.3 Å². The van der Waals surface area contributed by atoms with Crippen molar-refractivity contribution in [2.75, 3.05) is 0 Å². The zero-order valence-electron chi connectivity index (χ0n) is 12.3. The maximum atomic E-state index is 13.1. The van der Waals surface area contributed by atoms with E-state index in [2.05, 4.69) is 15.1 Å². The highest BCUT2D eigenvalue weighted by Crippen LogP contribution is 2.20. The lowest BCUT2D eigenvalue weighted by atomic mass is 10.1. The molecule has 0 aliphatic rings.